The molecular weight excluding hydrogens is 448 g/mol. The van der Waals surface area contributed by atoms with Gasteiger partial charge in [-0.15, -0.1) is 0 Å². The number of benzene rings is 4. The molecule has 1 aromatic heterocycles. The SMILES string of the molecule is O=C(Cn1c2ccccc2c(=O)c2ccccc21)Nc1ccc(Cl)cc1C(=O)c1ccccc1. The predicted molar refractivity (Wildman–Crippen MR) is 136 cm³/mol. The summed E-state index contributed by atoms with van der Waals surface area (Å²) in [5.74, 6) is -0.568. The molecule has 1 heterocycles. The van der Waals surface area contributed by atoms with Crippen molar-refractivity contribution in [3.63, 3.8) is 0 Å². The molecule has 0 spiro atoms. The number of pyridine rings is 1. The summed E-state index contributed by atoms with van der Waals surface area (Å²) < 4.78 is 1.82. The van der Waals surface area contributed by atoms with Crippen LogP contribution < -0.4 is 10.7 Å². The van der Waals surface area contributed by atoms with Crippen LogP contribution in [-0.4, -0.2) is 16.3 Å². The molecule has 0 bridgehead atoms. The van der Waals surface area contributed by atoms with Gasteiger partial charge in [0.25, 0.3) is 0 Å². The highest BCUT2D eigenvalue weighted by molar-refractivity contribution is 6.31. The highest BCUT2D eigenvalue weighted by Crippen LogP contribution is 2.25. The van der Waals surface area contributed by atoms with Crippen molar-refractivity contribution >= 4 is 50.8 Å². The Balaban J connectivity index is 1.53. The van der Waals surface area contributed by atoms with Gasteiger partial charge in [0.05, 0.1) is 16.7 Å². The lowest BCUT2D eigenvalue weighted by Crippen LogP contribution is -2.22. The molecule has 4 aromatic carbocycles. The number of hydrogen-bond acceptors (Lipinski definition) is 3. The average molecular weight is 467 g/mol. The first-order valence-electron chi connectivity index (χ1n) is 10.7. The quantitative estimate of drug-likeness (QED) is 0.268. The molecule has 34 heavy (non-hydrogen) atoms. The fourth-order valence-corrected chi connectivity index (χ4v) is 4.31. The molecule has 0 radical (unpaired) electrons. The highest BCUT2D eigenvalue weighted by Gasteiger charge is 2.18. The number of nitrogens with zero attached hydrogens (tertiary/aromatic N) is 1. The molecule has 0 aliphatic heterocycles. The molecule has 0 aliphatic carbocycles. The maximum Gasteiger partial charge on any atom is 0.244 e. The number of nitrogens with one attached hydrogen (secondary N) is 1. The summed E-state index contributed by atoms with van der Waals surface area (Å²) in [6.07, 6.45) is 0. The van der Waals surface area contributed by atoms with Crippen LogP contribution >= 0.6 is 11.6 Å². The molecule has 0 atom stereocenters. The minimum absolute atomic E-state index is 0.0388. The van der Waals surface area contributed by atoms with E-state index in [9.17, 15) is 14.4 Å². The smallest absolute Gasteiger partial charge is 0.244 e. The van der Waals surface area contributed by atoms with E-state index in [1.807, 2.05) is 34.9 Å². The van der Waals surface area contributed by atoms with E-state index in [1.54, 1.807) is 66.7 Å². The number of hydrogen-bond donors (Lipinski definition) is 1. The Bertz CT molecular complexity index is 1560. The van der Waals surface area contributed by atoms with E-state index in [-0.39, 0.29) is 23.7 Å². The van der Waals surface area contributed by atoms with Gasteiger partial charge in [-0.2, -0.15) is 0 Å². The average Bonchev–Trinajstić information content (AvgIpc) is 2.87. The summed E-state index contributed by atoms with van der Waals surface area (Å²) in [4.78, 5) is 39.2. The van der Waals surface area contributed by atoms with Gasteiger partial charge in [0.1, 0.15) is 6.54 Å². The van der Waals surface area contributed by atoms with Gasteiger partial charge in [-0.3, -0.25) is 14.4 Å². The fourth-order valence-electron chi connectivity index (χ4n) is 4.14. The first-order chi connectivity index (χ1) is 16.5. The number of aromatic nitrogens is 1. The van der Waals surface area contributed by atoms with Gasteiger partial charge in [0, 0.05) is 26.9 Å². The minimum atomic E-state index is -0.330. The van der Waals surface area contributed by atoms with E-state index in [4.69, 9.17) is 11.6 Å². The number of halogens is 1. The van der Waals surface area contributed by atoms with Crippen molar-refractivity contribution < 1.29 is 9.59 Å². The van der Waals surface area contributed by atoms with Crippen LogP contribution in [0.25, 0.3) is 21.8 Å². The van der Waals surface area contributed by atoms with Crippen LogP contribution in [0.15, 0.2) is 102 Å². The van der Waals surface area contributed by atoms with Crippen molar-refractivity contribution in [2.45, 2.75) is 6.54 Å². The van der Waals surface area contributed by atoms with Crippen LogP contribution in [0.3, 0.4) is 0 Å². The fraction of sp³-hybridized carbons (Fsp3) is 0.0357. The van der Waals surface area contributed by atoms with Crippen LogP contribution in [0.2, 0.25) is 5.02 Å². The Labute approximate surface area is 200 Å². The third-order valence-corrected chi connectivity index (χ3v) is 5.95. The third-order valence-electron chi connectivity index (χ3n) is 5.72. The normalized spacial score (nSPS) is 11.0. The Morgan fingerprint density at radius 3 is 2.00 bits per heavy atom. The first kappa shape index (κ1) is 21.6. The van der Waals surface area contributed by atoms with Crippen molar-refractivity contribution in [1.29, 1.82) is 0 Å². The van der Waals surface area contributed by atoms with Crippen molar-refractivity contribution in [3.8, 4) is 0 Å². The summed E-state index contributed by atoms with van der Waals surface area (Å²) in [6, 6.07) is 28.1. The first-order valence-corrected chi connectivity index (χ1v) is 11.1. The highest BCUT2D eigenvalue weighted by atomic mass is 35.5. The molecule has 5 nitrogen and oxygen atoms in total. The number of carbonyl (C=O) groups is 2. The number of rotatable bonds is 5. The molecule has 0 saturated heterocycles. The second kappa shape index (κ2) is 8.96. The molecule has 166 valence electrons. The monoisotopic (exact) mass is 466 g/mol. The van der Waals surface area contributed by atoms with Gasteiger partial charge in [0.2, 0.25) is 5.91 Å². The van der Waals surface area contributed by atoms with Crippen LogP contribution in [0.4, 0.5) is 5.69 Å². The number of anilines is 1. The van der Waals surface area contributed by atoms with E-state index in [0.29, 0.717) is 43.6 Å². The number of para-hydroxylation sites is 2. The lowest BCUT2D eigenvalue weighted by molar-refractivity contribution is -0.116. The van der Waals surface area contributed by atoms with E-state index >= 15 is 0 Å². The summed E-state index contributed by atoms with van der Waals surface area (Å²) in [5.41, 5.74) is 2.43. The second-order valence-corrected chi connectivity index (χ2v) is 8.32. The van der Waals surface area contributed by atoms with Crippen molar-refractivity contribution in [2.24, 2.45) is 0 Å². The molecule has 6 heteroatoms. The van der Waals surface area contributed by atoms with E-state index in [2.05, 4.69) is 5.32 Å². The molecule has 1 N–H and O–H groups in total. The Kier molecular flexibility index (Phi) is 5.70. The topological polar surface area (TPSA) is 68.2 Å². The van der Waals surface area contributed by atoms with Crippen molar-refractivity contribution in [3.05, 3.63) is 123 Å². The van der Waals surface area contributed by atoms with Gasteiger partial charge in [-0.1, -0.05) is 66.2 Å². The van der Waals surface area contributed by atoms with Crippen LogP contribution in [0, 0.1) is 0 Å². The van der Waals surface area contributed by atoms with Gasteiger partial charge in [-0.25, -0.2) is 0 Å². The molecule has 0 aliphatic rings. The molecule has 0 unspecified atom stereocenters. The van der Waals surface area contributed by atoms with Gasteiger partial charge in [-0.05, 0) is 42.5 Å². The van der Waals surface area contributed by atoms with Crippen LogP contribution in [0.1, 0.15) is 15.9 Å². The number of carbonyl (C=O) groups excluding carboxylic acids is 2. The molecule has 5 aromatic rings. The van der Waals surface area contributed by atoms with E-state index in [1.165, 1.54) is 0 Å². The van der Waals surface area contributed by atoms with Crippen molar-refractivity contribution in [2.75, 3.05) is 5.32 Å². The van der Waals surface area contributed by atoms with E-state index in [0.717, 1.165) is 0 Å². The molecule has 0 fully saturated rings. The van der Waals surface area contributed by atoms with E-state index < -0.39 is 0 Å². The van der Waals surface area contributed by atoms with Gasteiger partial charge in [0.15, 0.2) is 11.2 Å². The third kappa shape index (κ3) is 3.98. The van der Waals surface area contributed by atoms with Crippen LogP contribution in [0.5, 0.6) is 0 Å². The summed E-state index contributed by atoms with van der Waals surface area (Å²) in [6.45, 7) is -0.0388. The Morgan fingerprint density at radius 2 is 1.35 bits per heavy atom. The number of fused-ring (bicyclic) bond motifs is 2. The maximum atomic E-state index is 13.2. The zero-order chi connectivity index (χ0) is 23.7. The van der Waals surface area contributed by atoms with Gasteiger partial charge >= 0.3 is 0 Å². The van der Waals surface area contributed by atoms with Crippen LogP contribution in [-0.2, 0) is 11.3 Å². The molecular formula is C28H19ClN2O3. The van der Waals surface area contributed by atoms with Gasteiger partial charge < -0.3 is 9.88 Å². The summed E-state index contributed by atoms with van der Waals surface area (Å²) in [7, 11) is 0. The molecule has 5 rings (SSSR count). The number of ketones is 1. The second-order valence-electron chi connectivity index (χ2n) is 7.88. The predicted octanol–water partition coefficient (Wildman–Crippen LogP) is 5.68. The molecule has 0 saturated carbocycles. The summed E-state index contributed by atoms with van der Waals surface area (Å²) >= 11 is 6.16. The lowest BCUT2D eigenvalue weighted by Gasteiger charge is -2.16. The number of amides is 1. The maximum absolute atomic E-state index is 13.2. The summed E-state index contributed by atoms with van der Waals surface area (Å²) in [5, 5.41) is 4.35. The Hall–Kier alpha value is -4.22. The zero-order valence-electron chi connectivity index (χ0n) is 18.0. The standard InChI is InChI=1S/C28H19ClN2O3/c29-19-14-15-23(22(16-19)27(33)18-8-2-1-3-9-18)30-26(32)17-31-24-12-6-4-10-20(24)28(34)21-11-5-7-13-25(21)31/h1-16H,17H2,(H,30,32). The largest absolute Gasteiger partial charge is 0.331 e. The zero-order valence-corrected chi connectivity index (χ0v) is 18.8. The van der Waals surface area contributed by atoms with Crippen molar-refractivity contribution in [1.82, 2.24) is 4.57 Å². The molecule has 1 amide bonds. The Morgan fingerprint density at radius 1 is 0.765 bits per heavy atom. The lowest BCUT2D eigenvalue weighted by atomic mass is 10.0. The minimum Gasteiger partial charge on any atom is -0.331 e.